The molecule has 0 atom stereocenters. The van der Waals surface area contributed by atoms with E-state index in [-0.39, 0.29) is 17.3 Å². The van der Waals surface area contributed by atoms with Crippen LogP contribution < -0.4 is 5.73 Å². The summed E-state index contributed by atoms with van der Waals surface area (Å²) in [6.07, 6.45) is 0.846. The fourth-order valence-corrected chi connectivity index (χ4v) is 2.08. The van der Waals surface area contributed by atoms with Gasteiger partial charge in [-0.1, -0.05) is 13.0 Å². The van der Waals surface area contributed by atoms with Crippen LogP contribution in [0, 0.1) is 12.7 Å². The molecule has 1 saturated heterocycles. The number of nitrogens with zero attached hydrogens (tertiary/aromatic N) is 1. The third-order valence-electron chi connectivity index (χ3n) is 3.43. The summed E-state index contributed by atoms with van der Waals surface area (Å²) in [7, 11) is 0. The number of hydrogen-bond acceptors (Lipinski definition) is 2. The molecule has 0 unspecified atom stereocenters. The summed E-state index contributed by atoms with van der Waals surface area (Å²) in [5, 5.41) is 0. The summed E-state index contributed by atoms with van der Waals surface area (Å²) in [5.74, 6) is -0.509. The second-order valence-electron chi connectivity index (χ2n) is 4.84. The second kappa shape index (κ2) is 4.11. The van der Waals surface area contributed by atoms with E-state index in [0.717, 1.165) is 12.0 Å². The molecule has 2 rings (SSSR count). The average Bonchev–Trinajstić information content (AvgIpc) is 2.27. The lowest BCUT2D eigenvalue weighted by atomic mass is 9.87. The molecule has 3 nitrogen and oxygen atoms in total. The molecule has 1 fully saturated rings. The van der Waals surface area contributed by atoms with Crippen LogP contribution in [-0.4, -0.2) is 29.4 Å². The molecule has 1 aliphatic heterocycles. The van der Waals surface area contributed by atoms with E-state index in [4.69, 9.17) is 5.73 Å². The first-order valence-corrected chi connectivity index (χ1v) is 5.79. The third-order valence-corrected chi connectivity index (χ3v) is 3.43. The van der Waals surface area contributed by atoms with Crippen molar-refractivity contribution in [3.63, 3.8) is 0 Å². The zero-order valence-corrected chi connectivity index (χ0v) is 10.2. The third kappa shape index (κ3) is 2.17. The lowest BCUT2D eigenvalue weighted by Crippen LogP contribution is -2.68. The van der Waals surface area contributed by atoms with Gasteiger partial charge in [-0.3, -0.25) is 4.79 Å². The molecule has 0 bridgehead atoms. The van der Waals surface area contributed by atoms with Gasteiger partial charge in [0, 0.05) is 18.7 Å². The molecule has 1 heterocycles. The molecule has 1 aliphatic rings. The number of carbonyl (C=O) groups is 1. The highest BCUT2D eigenvalue weighted by Gasteiger charge is 2.40. The van der Waals surface area contributed by atoms with Crippen molar-refractivity contribution in [2.75, 3.05) is 13.1 Å². The molecule has 0 saturated carbocycles. The number of likely N-dealkylation sites (tertiary alicyclic amines) is 1. The van der Waals surface area contributed by atoms with Crippen LogP contribution in [0.3, 0.4) is 0 Å². The predicted molar refractivity (Wildman–Crippen MR) is 64.2 cm³/mol. The average molecular weight is 236 g/mol. The van der Waals surface area contributed by atoms with Gasteiger partial charge in [0.25, 0.3) is 5.91 Å². The van der Waals surface area contributed by atoms with Gasteiger partial charge in [-0.05, 0) is 31.0 Å². The number of carbonyl (C=O) groups excluding carboxylic acids is 1. The summed E-state index contributed by atoms with van der Waals surface area (Å²) < 4.78 is 13.1. The van der Waals surface area contributed by atoms with E-state index < -0.39 is 0 Å². The molecular formula is C13H17FN2O. The van der Waals surface area contributed by atoms with Gasteiger partial charge in [-0.2, -0.15) is 0 Å². The van der Waals surface area contributed by atoms with Crippen molar-refractivity contribution < 1.29 is 9.18 Å². The Kier molecular flexibility index (Phi) is 2.91. The fourth-order valence-electron chi connectivity index (χ4n) is 2.08. The Labute approximate surface area is 100 Å². The van der Waals surface area contributed by atoms with Crippen molar-refractivity contribution in [3.05, 3.63) is 35.1 Å². The monoisotopic (exact) mass is 236 g/mol. The van der Waals surface area contributed by atoms with Crippen LogP contribution in [0.1, 0.15) is 29.3 Å². The molecule has 0 spiro atoms. The van der Waals surface area contributed by atoms with Gasteiger partial charge in [0.05, 0.1) is 5.54 Å². The zero-order valence-electron chi connectivity index (χ0n) is 10.2. The minimum absolute atomic E-state index is 0.128. The van der Waals surface area contributed by atoms with Crippen LogP contribution in [-0.2, 0) is 0 Å². The highest BCUT2D eigenvalue weighted by Crippen LogP contribution is 2.24. The van der Waals surface area contributed by atoms with Crippen LogP contribution in [0.2, 0.25) is 0 Å². The van der Waals surface area contributed by atoms with E-state index in [1.807, 2.05) is 13.8 Å². The van der Waals surface area contributed by atoms with Crippen molar-refractivity contribution in [1.82, 2.24) is 4.90 Å². The molecule has 1 aromatic carbocycles. The van der Waals surface area contributed by atoms with Gasteiger partial charge < -0.3 is 10.6 Å². The number of amides is 1. The van der Waals surface area contributed by atoms with Gasteiger partial charge in [0.2, 0.25) is 0 Å². The molecule has 17 heavy (non-hydrogen) atoms. The Bertz CT molecular complexity index is 453. The molecule has 0 radical (unpaired) electrons. The standard InChI is InChI=1S/C13H17FN2O/c1-3-13(15)7-16(8-13)12(17)11-6-10(14)5-4-9(11)2/h4-6H,3,7-8,15H2,1-2H3. The Morgan fingerprint density at radius 1 is 1.53 bits per heavy atom. The summed E-state index contributed by atoms with van der Waals surface area (Å²) in [6, 6.07) is 4.28. The molecule has 0 aliphatic carbocycles. The van der Waals surface area contributed by atoms with Crippen molar-refractivity contribution in [3.8, 4) is 0 Å². The molecule has 1 aromatic rings. The lowest BCUT2D eigenvalue weighted by molar-refractivity contribution is 0.0400. The number of rotatable bonds is 2. The minimum Gasteiger partial charge on any atom is -0.335 e. The maximum absolute atomic E-state index is 13.1. The predicted octanol–water partition coefficient (Wildman–Crippen LogP) is 1.70. The summed E-state index contributed by atoms with van der Waals surface area (Å²) in [5.41, 5.74) is 6.98. The first-order valence-electron chi connectivity index (χ1n) is 5.79. The Morgan fingerprint density at radius 3 is 2.76 bits per heavy atom. The first-order chi connectivity index (χ1) is 7.95. The van der Waals surface area contributed by atoms with Gasteiger partial charge in [0.15, 0.2) is 0 Å². The minimum atomic E-state index is -0.381. The molecule has 2 N–H and O–H groups in total. The SMILES string of the molecule is CCC1(N)CN(C(=O)c2cc(F)ccc2C)C1. The molecular weight excluding hydrogens is 219 g/mol. The van der Waals surface area contributed by atoms with Gasteiger partial charge >= 0.3 is 0 Å². The van der Waals surface area contributed by atoms with Crippen molar-refractivity contribution >= 4 is 5.91 Å². The van der Waals surface area contributed by atoms with Crippen molar-refractivity contribution in [1.29, 1.82) is 0 Å². The lowest BCUT2D eigenvalue weighted by Gasteiger charge is -2.47. The second-order valence-corrected chi connectivity index (χ2v) is 4.84. The Hall–Kier alpha value is -1.42. The first kappa shape index (κ1) is 12.0. The summed E-state index contributed by atoms with van der Waals surface area (Å²) in [6.45, 7) is 4.92. The Morgan fingerprint density at radius 2 is 2.18 bits per heavy atom. The van der Waals surface area contributed by atoms with Crippen molar-refractivity contribution in [2.24, 2.45) is 5.73 Å². The highest BCUT2D eigenvalue weighted by molar-refractivity contribution is 5.96. The van der Waals surface area contributed by atoms with Gasteiger partial charge in [-0.15, -0.1) is 0 Å². The summed E-state index contributed by atoms with van der Waals surface area (Å²) >= 11 is 0. The van der Waals surface area contributed by atoms with Crippen LogP contribution in [0.5, 0.6) is 0 Å². The number of benzene rings is 1. The maximum Gasteiger partial charge on any atom is 0.254 e. The van der Waals surface area contributed by atoms with Crippen molar-refractivity contribution in [2.45, 2.75) is 25.8 Å². The topological polar surface area (TPSA) is 46.3 Å². The largest absolute Gasteiger partial charge is 0.335 e. The fraction of sp³-hybridized carbons (Fsp3) is 0.462. The smallest absolute Gasteiger partial charge is 0.254 e. The van der Waals surface area contributed by atoms with Crippen LogP contribution in [0.4, 0.5) is 4.39 Å². The number of aryl methyl sites for hydroxylation is 1. The molecule has 0 aromatic heterocycles. The van der Waals surface area contributed by atoms with Gasteiger partial charge in [0.1, 0.15) is 5.82 Å². The number of halogens is 1. The molecule has 4 heteroatoms. The van der Waals surface area contributed by atoms with E-state index in [1.165, 1.54) is 12.1 Å². The molecule has 92 valence electrons. The normalized spacial score (nSPS) is 17.8. The van der Waals surface area contributed by atoms with Crippen LogP contribution in [0.15, 0.2) is 18.2 Å². The van der Waals surface area contributed by atoms with E-state index in [2.05, 4.69) is 0 Å². The van der Waals surface area contributed by atoms with Crippen LogP contribution in [0.25, 0.3) is 0 Å². The molecule has 1 amide bonds. The highest BCUT2D eigenvalue weighted by atomic mass is 19.1. The van der Waals surface area contributed by atoms with E-state index >= 15 is 0 Å². The summed E-state index contributed by atoms with van der Waals surface area (Å²) in [4.78, 5) is 13.8. The zero-order chi connectivity index (χ0) is 12.6. The van der Waals surface area contributed by atoms with Gasteiger partial charge in [-0.25, -0.2) is 4.39 Å². The van der Waals surface area contributed by atoms with E-state index in [9.17, 15) is 9.18 Å². The Balaban J connectivity index is 2.14. The quantitative estimate of drug-likeness (QED) is 0.849. The number of nitrogens with two attached hydrogens (primary N) is 1. The van der Waals surface area contributed by atoms with E-state index in [1.54, 1.807) is 11.0 Å². The van der Waals surface area contributed by atoms with Crippen LogP contribution >= 0.6 is 0 Å². The van der Waals surface area contributed by atoms with E-state index in [0.29, 0.717) is 18.7 Å². The number of hydrogen-bond donors (Lipinski definition) is 1. The maximum atomic E-state index is 13.1.